The summed E-state index contributed by atoms with van der Waals surface area (Å²) in [6.07, 6.45) is 17.7. The van der Waals surface area contributed by atoms with Gasteiger partial charge in [-0.05, 0) is 93.9 Å². The molecule has 0 spiro atoms. The number of aromatic nitrogens is 3. The summed E-state index contributed by atoms with van der Waals surface area (Å²) in [7, 11) is 1.67. The molecule has 6 rings (SSSR count). The molecule has 3 aliphatic carbocycles. The first kappa shape index (κ1) is 26.0. The highest BCUT2D eigenvalue weighted by Crippen LogP contribution is 2.41. The summed E-state index contributed by atoms with van der Waals surface area (Å²) in [6.45, 7) is 2.78. The standard InChI is InChI=1S/C32H40N4O3/c1-21-16-27(18-34-30(21)38-2)23-10-8-22(9-11-23)19-36(32(37)25-6-4-3-5-7-25)29-17-26(14-15-33-29)28-20-39-31(35-28)24-12-13-24/h14-18,20,22-25H,3-13,19H2,1-2H3. The molecule has 3 heterocycles. The molecule has 0 radical (unpaired) electrons. The normalized spacial score (nSPS) is 22.0. The molecule has 0 N–H and O–H groups in total. The highest BCUT2D eigenvalue weighted by molar-refractivity contribution is 5.94. The van der Waals surface area contributed by atoms with Crippen LogP contribution in [-0.4, -0.2) is 34.5 Å². The van der Waals surface area contributed by atoms with Gasteiger partial charge in [0.25, 0.3) is 0 Å². The van der Waals surface area contributed by atoms with E-state index in [4.69, 9.17) is 19.1 Å². The zero-order valence-electron chi connectivity index (χ0n) is 23.3. The Morgan fingerprint density at radius 2 is 1.77 bits per heavy atom. The second-order valence-electron chi connectivity index (χ2n) is 11.8. The first-order valence-corrected chi connectivity index (χ1v) is 14.8. The lowest BCUT2D eigenvalue weighted by Gasteiger charge is -2.35. The van der Waals surface area contributed by atoms with Gasteiger partial charge in [-0.2, -0.15) is 0 Å². The highest BCUT2D eigenvalue weighted by atomic mass is 16.5. The minimum absolute atomic E-state index is 0.0995. The number of carbonyl (C=O) groups excluding carboxylic acids is 1. The number of anilines is 1. The lowest BCUT2D eigenvalue weighted by molar-refractivity contribution is -0.123. The van der Waals surface area contributed by atoms with Crippen LogP contribution in [0.15, 0.2) is 41.3 Å². The highest BCUT2D eigenvalue weighted by Gasteiger charge is 2.32. The molecule has 3 fully saturated rings. The fourth-order valence-electron chi connectivity index (χ4n) is 6.49. The number of amides is 1. The summed E-state index contributed by atoms with van der Waals surface area (Å²) in [4.78, 5) is 29.9. The Kier molecular flexibility index (Phi) is 7.67. The van der Waals surface area contributed by atoms with Crippen LogP contribution in [-0.2, 0) is 4.79 Å². The number of pyridine rings is 2. The maximum absolute atomic E-state index is 13.9. The van der Waals surface area contributed by atoms with Gasteiger partial charge < -0.3 is 9.15 Å². The van der Waals surface area contributed by atoms with Crippen molar-refractivity contribution in [2.24, 2.45) is 11.8 Å². The Morgan fingerprint density at radius 1 is 1.00 bits per heavy atom. The zero-order valence-corrected chi connectivity index (χ0v) is 23.3. The molecule has 3 aliphatic rings. The largest absolute Gasteiger partial charge is 0.481 e. The van der Waals surface area contributed by atoms with Crippen molar-refractivity contribution in [3.8, 4) is 17.1 Å². The summed E-state index contributed by atoms with van der Waals surface area (Å²) in [5.41, 5.74) is 4.18. The van der Waals surface area contributed by atoms with Crippen LogP contribution in [0.1, 0.15) is 99.5 Å². The maximum atomic E-state index is 13.9. The average molecular weight is 529 g/mol. The summed E-state index contributed by atoms with van der Waals surface area (Å²) in [5.74, 6) is 4.06. The van der Waals surface area contributed by atoms with Gasteiger partial charge in [0.2, 0.25) is 11.8 Å². The molecule has 0 aliphatic heterocycles. The topological polar surface area (TPSA) is 81.4 Å². The van der Waals surface area contributed by atoms with E-state index < -0.39 is 0 Å². The number of rotatable bonds is 8. The predicted molar refractivity (Wildman–Crippen MR) is 151 cm³/mol. The minimum atomic E-state index is 0.0995. The number of hydrogen-bond acceptors (Lipinski definition) is 6. The lowest BCUT2D eigenvalue weighted by atomic mass is 9.78. The predicted octanol–water partition coefficient (Wildman–Crippen LogP) is 7.21. The van der Waals surface area contributed by atoms with Crippen molar-refractivity contribution in [3.63, 3.8) is 0 Å². The monoisotopic (exact) mass is 528 g/mol. The molecule has 39 heavy (non-hydrogen) atoms. The molecule has 206 valence electrons. The van der Waals surface area contributed by atoms with Gasteiger partial charge in [0, 0.05) is 41.9 Å². The fourth-order valence-corrected chi connectivity index (χ4v) is 6.49. The van der Waals surface area contributed by atoms with Crippen LogP contribution in [0.25, 0.3) is 11.3 Å². The summed E-state index contributed by atoms with van der Waals surface area (Å²) in [5, 5.41) is 0. The third-order valence-corrected chi connectivity index (χ3v) is 8.99. The fraction of sp³-hybridized carbons (Fsp3) is 0.562. The molecule has 1 amide bonds. The van der Waals surface area contributed by atoms with Crippen LogP contribution in [0.3, 0.4) is 0 Å². The number of aryl methyl sites for hydroxylation is 1. The zero-order chi connectivity index (χ0) is 26.8. The van der Waals surface area contributed by atoms with Crippen molar-refractivity contribution in [3.05, 3.63) is 53.9 Å². The molecule has 0 bridgehead atoms. The molecular formula is C32H40N4O3. The van der Waals surface area contributed by atoms with Gasteiger partial charge in [-0.1, -0.05) is 19.3 Å². The molecule has 0 aromatic carbocycles. The van der Waals surface area contributed by atoms with Crippen LogP contribution in [0, 0.1) is 18.8 Å². The van der Waals surface area contributed by atoms with Crippen molar-refractivity contribution in [2.75, 3.05) is 18.6 Å². The van der Waals surface area contributed by atoms with Crippen LogP contribution in [0.2, 0.25) is 0 Å². The van der Waals surface area contributed by atoms with Crippen molar-refractivity contribution in [1.29, 1.82) is 0 Å². The van der Waals surface area contributed by atoms with E-state index in [0.717, 1.165) is 99.3 Å². The Morgan fingerprint density at radius 3 is 2.49 bits per heavy atom. The Balaban J connectivity index is 1.19. The lowest BCUT2D eigenvalue weighted by Crippen LogP contribution is -2.41. The number of ether oxygens (including phenoxy) is 1. The Labute approximate surface area is 231 Å². The van der Waals surface area contributed by atoms with E-state index in [2.05, 4.69) is 18.0 Å². The molecule has 7 heteroatoms. The molecule has 0 unspecified atom stereocenters. The minimum Gasteiger partial charge on any atom is -0.481 e. The first-order chi connectivity index (χ1) is 19.1. The summed E-state index contributed by atoms with van der Waals surface area (Å²) >= 11 is 0. The van der Waals surface area contributed by atoms with Crippen molar-refractivity contribution >= 4 is 11.7 Å². The van der Waals surface area contributed by atoms with Crippen LogP contribution in [0.4, 0.5) is 5.82 Å². The van der Waals surface area contributed by atoms with Crippen LogP contribution >= 0.6 is 0 Å². The van der Waals surface area contributed by atoms with Gasteiger partial charge in [0.1, 0.15) is 17.8 Å². The SMILES string of the molecule is COc1ncc(C2CCC(CN(C(=O)C3CCCCC3)c3cc(-c4coc(C5CC5)n4)ccn3)CC2)cc1C. The second-order valence-corrected chi connectivity index (χ2v) is 11.8. The summed E-state index contributed by atoms with van der Waals surface area (Å²) in [6, 6.07) is 6.23. The molecule has 3 aromatic heterocycles. The molecule has 3 aromatic rings. The third kappa shape index (κ3) is 5.87. The van der Waals surface area contributed by atoms with Gasteiger partial charge >= 0.3 is 0 Å². The van der Waals surface area contributed by atoms with Gasteiger partial charge in [0.15, 0.2) is 5.89 Å². The van der Waals surface area contributed by atoms with E-state index in [1.165, 1.54) is 12.0 Å². The molecule has 7 nitrogen and oxygen atoms in total. The maximum Gasteiger partial charge on any atom is 0.231 e. The summed E-state index contributed by atoms with van der Waals surface area (Å²) < 4.78 is 11.1. The van der Waals surface area contributed by atoms with E-state index in [9.17, 15) is 4.79 Å². The Hall–Kier alpha value is -3.22. The van der Waals surface area contributed by atoms with Crippen LogP contribution in [0.5, 0.6) is 5.88 Å². The van der Waals surface area contributed by atoms with Crippen molar-refractivity contribution in [1.82, 2.24) is 15.0 Å². The van der Waals surface area contributed by atoms with E-state index >= 15 is 0 Å². The third-order valence-electron chi connectivity index (χ3n) is 8.99. The van der Waals surface area contributed by atoms with Gasteiger partial charge in [-0.25, -0.2) is 15.0 Å². The number of methoxy groups -OCH3 is 1. The van der Waals surface area contributed by atoms with Gasteiger partial charge in [-0.3, -0.25) is 9.69 Å². The number of nitrogens with zero attached hydrogens (tertiary/aromatic N) is 4. The molecule has 0 saturated heterocycles. The molecule has 0 atom stereocenters. The first-order valence-electron chi connectivity index (χ1n) is 14.8. The molecular weight excluding hydrogens is 488 g/mol. The quantitative estimate of drug-likeness (QED) is 0.307. The van der Waals surface area contributed by atoms with E-state index in [0.29, 0.717) is 23.6 Å². The van der Waals surface area contributed by atoms with Crippen molar-refractivity contribution in [2.45, 2.75) is 89.4 Å². The van der Waals surface area contributed by atoms with E-state index in [1.54, 1.807) is 13.4 Å². The van der Waals surface area contributed by atoms with Gasteiger partial charge in [0.05, 0.1) is 7.11 Å². The average Bonchev–Trinajstić information content (AvgIpc) is 3.72. The van der Waals surface area contributed by atoms with Crippen molar-refractivity contribution < 1.29 is 13.9 Å². The van der Waals surface area contributed by atoms with Crippen LogP contribution < -0.4 is 9.64 Å². The number of hydrogen-bond donors (Lipinski definition) is 0. The van der Waals surface area contributed by atoms with E-state index in [1.807, 2.05) is 29.4 Å². The molecule has 3 saturated carbocycles. The van der Waals surface area contributed by atoms with E-state index in [-0.39, 0.29) is 11.8 Å². The number of oxazole rings is 1. The second kappa shape index (κ2) is 11.5. The Bertz CT molecular complexity index is 1290. The van der Waals surface area contributed by atoms with Gasteiger partial charge in [-0.15, -0.1) is 0 Å². The number of carbonyl (C=O) groups is 1. The smallest absolute Gasteiger partial charge is 0.231 e.